The molecule has 1 aromatic rings. The van der Waals surface area contributed by atoms with Crippen LogP contribution in [0.25, 0.3) is 0 Å². The number of hydrogen-bond acceptors (Lipinski definition) is 4. The predicted molar refractivity (Wildman–Crippen MR) is 82.1 cm³/mol. The predicted octanol–water partition coefficient (Wildman–Crippen LogP) is 1.17. The molecule has 2 N–H and O–H groups in total. The Kier molecular flexibility index (Phi) is 7.24. The average Bonchev–Trinajstić information content (AvgIpc) is 2.40. The first-order valence-corrected chi connectivity index (χ1v) is 8.42. The minimum atomic E-state index is -3.80. The van der Waals surface area contributed by atoms with E-state index in [0.29, 0.717) is 13.1 Å². The number of rotatable bonds is 9. The Balaban J connectivity index is 2.67. The minimum absolute atomic E-state index is 0.289. The van der Waals surface area contributed by atoms with E-state index < -0.39 is 15.8 Å². The van der Waals surface area contributed by atoms with Crippen molar-refractivity contribution in [3.8, 4) is 0 Å². The smallest absolute Gasteiger partial charge is 0.243 e. The van der Waals surface area contributed by atoms with E-state index in [1.54, 1.807) is 13.1 Å². The van der Waals surface area contributed by atoms with Crippen LogP contribution < -0.4 is 10.0 Å². The molecule has 120 valence electrons. The van der Waals surface area contributed by atoms with Crippen LogP contribution in [0, 0.1) is 5.82 Å². The van der Waals surface area contributed by atoms with Gasteiger partial charge in [-0.15, -0.1) is 0 Å². The van der Waals surface area contributed by atoms with E-state index in [1.807, 2.05) is 19.0 Å². The molecule has 0 saturated carbocycles. The Morgan fingerprint density at radius 2 is 1.95 bits per heavy atom. The topological polar surface area (TPSA) is 61.4 Å². The van der Waals surface area contributed by atoms with Crippen LogP contribution in [0.2, 0.25) is 0 Å². The summed E-state index contributed by atoms with van der Waals surface area (Å²) in [6.07, 6.45) is 1.60. The summed E-state index contributed by atoms with van der Waals surface area (Å²) >= 11 is 0. The molecule has 0 radical (unpaired) electrons. The Morgan fingerprint density at radius 3 is 2.57 bits per heavy atom. The summed E-state index contributed by atoms with van der Waals surface area (Å²) in [6.45, 7) is 1.70. The molecule has 0 fully saturated rings. The first-order chi connectivity index (χ1) is 9.86. The molecule has 1 aromatic carbocycles. The number of hydrogen-bond donors (Lipinski definition) is 2. The lowest BCUT2D eigenvalue weighted by Gasteiger charge is -2.11. The molecule has 0 unspecified atom stereocenters. The Labute approximate surface area is 126 Å². The maximum absolute atomic E-state index is 13.7. The zero-order valence-corrected chi connectivity index (χ0v) is 13.6. The van der Waals surface area contributed by atoms with Crippen LogP contribution >= 0.6 is 0 Å². The molecule has 0 amide bonds. The number of nitrogens with one attached hydrogen (secondary N) is 2. The minimum Gasteiger partial charge on any atom is -0.316 e. The molecule has 0 spiro atoms. The van der Waals surface area contributed by atoms with Gasteiger partial charge in [0.1, 0.15) is 10.7 Å². The average molecular weight is 317 g/mol. The highest BCUT2D eigenvalue weighted by atomic mass is 32.2. The van der Waals surface area contributed by atoms with Crippen LogP contribution in [-0.2, 0) is 16.6 Å². The van der Waals surface area contributed by atoms with Gasteiger partial charge in [-0.1, -0.05) is 6.07 Å². The molecular weight excluding hydrogens is 293 g/mol. The van der Waals surface area contributed by atoms with E-state index in [9.17, 15) is 12.8 Å². The van der Waals surface area contributed by atoms with Crippen molar-refractivity contribution in [2.75, 3.05) is 34.2 Å². The third-order valence-electron chi connectivity index (χ3n) is 2.99. The van der Waals surface area contributed by atoms with Gasteiger partial charge in [-0.2, -0.15) is 0 Å². The summed E-state index contributed by atoms with van der Waals surface area (Å²) < 4.78 is 40.4. The second kappa shape index (κ2) is 8.43. The second-order valence-electron chi connectivity index (χ2n) is 5.20. The van der Waals surface area contributed by atoms with Crippen molar-refractivity contribution in [1.29, 1.82) is 0 Å². The molecular formula is C14H24FN3O2S. The molecule has 5 nitrogen and oxygen atoms in total. The standard InChI is InChI=1S/C14H24FN3O2S/c1-16-11-12-6-7-13(15)14(10-12)21(19,20)17-8-4-5-9-18(2)3/h6-7,10,16-17H,4-5,8-9,11H2,1-3H3. The van der Waals surface area contributed by atoms with Gasteiger partial charge in [-0.05, 0) is 58.2 Å². The molecule has 21 heavy (non-hydrogen) atoms. The van der Waals surface area contributed by atoms with Gasteiger partial charge in [0.15, 0.2) is 0 Å². The highest BCUT2D eigenvalue weighted by molar-refractivity contribution is 7.89. The van der Waals surface area contributed by atoms with E-state index in [0.717, 1.165) is 24.9 Å². The van der Waals surface area contributed by atoms with E-state index in [-0.39, 0.29) is 4.90 Å². The first kappa shape index (κ1) is 18.0. The van der Waals surface area contributed by atoms with Crippen molar-refractivity contribution in [2.24, 2.45) is 0 Å². The maximum Gasteiger partial charge on any atom is 0.243 e. The summed E-state index contributed by atoms with van der Waals surface area (Å²) in [5, 5.41) is 2.91. The van der Waals surface area contributed by atoms with Crippen molar-refractivity contribution in [1.82, 2.24) is 14.9 Å². The fraction of sp³-hybridized carbons (Fsp3) is 0.571. The van der Waals surface area contributed by atoms with E-state index in [2.05, 4.69) is 10.0 Å². The van der Waals surface area contributed by atoms with E-state index >= 15 is 0 Å². The third-order valence-corrected chi connectivity index (χ3v) is 4.47. The molecule has 1 rings (SSSR count). The van der Waals surface area contributed by atoms with Crippen LogP contribution in [-0.4, -0.2) is 47.6 Å². The van der Waals surface area contributed by atoms with Crippen molar-refractivity contribution < 1.29 is 12.8 Å². The van der Waals surface area contributed by atoms with Crippen molar-refractivity contribution in [2.45, 2.75) is 24.3 Å². The quantitative estimate of drug-likeness (QED) is 0.671. The molecule has 0 bridgehead atoms. The van der Waals surface area contributed by atoms with Crippen LogP contribution in [0.3, 0.4) is 0 Å². The van der Waals surface area contributed by atoms with Gasteiger partial charge in [0.25, 0.3) is 0 Å². The summed E-state index contributed by atoms with van der Waals surface area (Å²) in [6, 6.07) is 4.13. The molecule has 0 saturated heterocycles. The van der Waals surface area contributed by atoms with Gasteiger partial charge < -0.3 is 10.2 Å². The largest absolute Gasteiger partial charge is 0.316 e. The van der Waals surface area contributed by atoms with E-state index in [1.165, 1.54) is 12.1 Å². The lowest BCUT2D eigenvalue weighted by Crippen LogP contribution is -2.26. The van der Waals surface area contributed by atoms with E-state index in [4.69, 9.17) is 0 Å². The number of benzene rings is 1. The van der Waals surface area contributed by atoms with Gasteiger partial charge in [0.05, 0.1) is 0 Å². The zero-order valence-electron chi connectivity index (χ0n) is 12.8. The van der Waals surface area contributed by atoms with Crippen molar-refractivity contribution in [3.05, 3.63) is 29.6 Å². The Morgan fingerprint density at radius 1 is 1.24 bits per heavy atom. The molecule has 0 aliphatic heterocycles. The van der Waals surface area contributed by atoms with Gasteiger partial charge in [0, 0.05) is 13.1 Å². The molecule has 0 aromatic heterocycles. The molecule has 0 aliphatic rings. The number of halogens is 1. The summed E-state index contributed by atoms with van der Waals surface area (Å²) in [5.74, 6) is -0.726. The Bertz CT molecular complexity index is 547. The van der Waals surface area contributed by atoms with Gasteiger partial charge in [0.2, 0.25) is 10.0 Å². The zero-order chi connectivity index (χ0) is 15.9. The summed E-state index contributed by atoms with van der Waals surface area (Å²) in [5.41, 5.74) is 0.729. The van der Waals surface area contributed by atoms with Crippen molar-refractivity contribution >= 4 is 10.0 Å². The molecule has 7 heteroatoms. The number of nitrogens with zero attached hydrogens (tertiary/aromatic N) is 1. The summed E-state index contributed by atoms with van der Waals surface area (Å²) in [7, 11) is 1.88. The lowest BCUT2D eigenvalue weighted by atomic mass is 10.2. The highest BCUT2D eigenvalue weighted by Crippen LogP contribution is 2.16. The molecule has 0 heterocycles. The lowest BCUT2D eigenvalue weighted by molar-refractivity contribution is 0.394. The van der Waals surface area contributed by atoms with Gasteiger partial charge >= 0.3 is 0 Å². The molecule has 0 atom stereocenters. The fourth-order valence-electron chi connectivity index (χ4n) is 1.91. The SMILES string of the molecule is CNCc1ccc(F)c(S(=O)(=O)NCCCCN(C)C)c1. The normalized spacial score (nSPS) is 12.0. The van der Waals surface area contributed by atoms with Crippen LogP contribution in [0.15, 0.2) is 23.1 Å². The monoisotopic (exact) mass is 317 g/mol. The highest BCUT2D eigenvalue weighted by Gasteiger charge is 2.18. The van der Waals surface area contributed by atoms with Crippen molar-refractivity contribution in [3.63, 3.8) is 0 Å². The number of sulfonamides is 1. The maximum atomic E-state index is 13.7. The first-order valence-electron chi connectivity index (χ1n) is 6.94. The van der Waals surface area contributed by atoms with Crippen LogP contribution in [0.5, 0.6) is 0 Å². The van der Waals surface area contributed by atoms with Gasteiger partial charge in [-0.3, -0.25) is 0 Å². The van der Waals surface area contributed by atoms with Crippen LogP contribution in [0.4, 0.5) is 4.39 Å². The second-order valence-corrected chi connectivity index (χ2v) is 6.94. The fourth-order valence-corrected chi connectivity index (χ4v) is 3.10. The third kappa shape index (κ3) is 6.09. The van der Waals surface area contributed by atoms with Gasteiger partial charge in [-0.25, -0.2) is 17.5 Å². The summed E-state index contributed by atoms with van der Waals surface area (Å²) in [4.78, 5) is 1.75. The Hall–Kier alpha value is -1.02. The molecule has 0 aliphatic carbocycles. The van der Waals surface area contributed by atoms with Crippen LogP contribution in [0.1, 0.15) is 18.4 Å². The number of unbranched alkanes of at least 4 members (excludes halogenated alkanes) is 1.